The van der Waals surface area contributed by atoms with Crippen LogP contribution in [0.4, 0.5) is 10.3 Å². The summed E-state index contributed by atoms with van der Waals surface area (Å²) in [6.07, 6.45) is 0.688. The van der Waals surface area contributed by atoms with Crippen molar-refractivity contribution in [3.8, 4) is 0 Å². The van der Waals surface area contributed by atoms with Gasteiger partial charge in [-0.25, -0.2) is 14.4 Å². The van der Waals surface area contributed by atoms with Crippen molar-refractivity contribution >= 4 is 17.8 Å². The average Bonchev–Trinajstić information content (AvgIpc) is 2.68. The largest absolute Gasteiger partial charge is 0.354 e. The summed E-state index contributed by atoms with van der Waals surface area (Å²) >= 11 is 0. The van der Waals surface area contributed by atoms with Crippen LogP contribution in [0.3, 0.4) is 0 Å². The average molecular weight is 385 g/mol. The van der Waals surface area contributed by atoms with E-state index < -0.39 is 0 Å². The van der Waals surface area contributed by atoms with Gasteiger partial charge in [0, 0.05) is 45.3 Å². The minimum absolute atomic E-state index is 0.0256. The van der Waals surface area contributed by atoms with E-state index in [1.54, 1.807) is 28.0 Å². The SMILES string of the molecule is CC(=O)N1CCN(C(=O)c2cc(C)nc(NCCc3ccc(F)cc3)n2)CC1. The number of aryl methyl sites for hydroxylation is 1. The van der Waals surface area contributed by atoms with Gasteiger partial charge in [-0.2, -0.15) is 0 Å². The summed E-state index contributed by atoms with van der Waals surface area (Å²) in [5.74, 6) is 0.00626. The molecule has 2 aromatic rings. The summed E-state index contributed by atoms with van der Waals surface area (Å²) in [6.45, 7) is 5.98. The van der Waals surface area contributed by atoms with Crippen LogP contribution in [0.2, 0.25) is 0 Å². The molecule has 0 spiro atoms. The molecule has 8 heteroatoms. The zero-order valence-electron chi connectivity index (χ0n) is 16.1. The first-order chi connectivity index (χ1) is 13.4. The molecule has 0 bridgehead atoms. The van der Waals surface area contributed by atoms with E-state index in [0.29, 0.717) is 56.5 Å². The third-order valence-electron chi connectivity index (χ3n) is 4.70. The summed E-state index contributed by atoms with van der Waals surface area (Å²) in [5, 5.41) is 3.13. The molecular weight excluding hydrogens is 361 g/mol. The first-order valence-corrected chi connectivity index (χ1v) is 9.31. The molecule has 1 aromatic carbocycles. The van der Waals surface area contributed by atoms with E-state index in [4.69, 9.17) is 0 Å². The molecule has 2 amide bonds. The van der Waals surface area contributed by atoms with Gasteiger partial charge in [0.15, 0.2) is 0 Å². The number of piperazine rings is 1. The number of anilines is 1. The lowest BCUT2D eigenvalue weighted by molar-refractivity contribution is -0.130. The van der Waals surface area contributed by atoms with Crippen LogP contribution < -0.4 is 5.32 Å². The number of nitrogens with one attached hydrogen (secondary N) is 1. The quantitative estimate of drug-likeness (QED) is 0.850. The topological polar surface area (TPSA) is 78.4 Å². The van der Waals surface area contributed by atoms with Gasteiger partial charge in [-0.05, 0) is 37.1 Å². The van der Waals surface area contributed by atoms with E-state index in [2.05, 4.69) is 15.3 Å². The minimum Gasteiger partial charge on any atom is -0.354 e. The fraction of sp³-hybridized carbons (Fsp3) is 0.400. The molecule has 1 aliphatic rings. The lowest BCUT2D eigenvalue weighted by Gasteiger charge is -2.34. The number of nitrogens with zero attached hydrogens (tertiary/aromatic N) is 4. The maximum Gasteiger partial charge on any atom is 0.272 e. The van der Waals surface area contributed by atoms with Crippen LogP contribution in [0.5, 0.6) is 0 Å². The van der Waals surface area contributed by atoms with Gasteiger partial charge in [0.25, 0.3) is 5.91 Å². The molecule has 7 nitrogen and oxygen atoms in total. The summed E-state index contributed by atoms with van der Waals surface area (Å²) in [5.41, 5.74) is 2.04. The van der Waals surface area contributed by atoms with E-state index in [9.17, 15) is 14.0 Å². The van der Waals surface area contributed by atoms with Gasteiger partial charge >= 0.3 is 0 Å². The summed E-state index contributed by atoms with van der Waals surface area (Å²) in [4.78, 5) is 36.3. The van der Waals surface area contributed by atoms with Crippen molar-refractivity contribution in [1.29, 1.82) is 0 Å². The second-order valence-electron chi connectivity index (χ2n) is 6.82. The lowest BCUT2D eigenvalue weighted by Crippen LogP contribution is -2.50. The number of aromatic nitrogens is 2. The van der Waals surface area contributed by atoms with Crippen LogP contribution in [0.25, 0.3) is 0 Å². The number of rotatable bonds is 5. The maximum absolute atomic E-state index is 13.0. The molecular formula is C20H24FN5O2. The molecule has 1 aliphatic heterocycles. The smallest absolute Gasteiger partial charge is 0.272 e. The standard InChI is InChI=1S/C20H24FN5O2/c1-14-13-18(19(28)26-11-9-25(10-12-26)15(2)27)24-20(23-14)22-8-7-16-3-5-17(21)6-4-16/h3-6,13H,7-12H2,1-2H3,(H,22,23,24). The molecule has 1 fully saturated rings. The Morgan fingerprint density at radius 1 is 1.07 bits per heavy atom. The van der Waals surface area contributed by atoms with Crippen molar-refractivity contribution < 1.29 is 14.0 Å². The Labute approximate surface area is 163 Å². The number of amides is 2. The van der Waals surface area contributed by atoms with Crippen LogP contribution in [-0.4, -0.2) is 64.3 Å². The minimum atomic E-state index is -0.258. The first-order valence-electron chi connectivity index (χ1n) is 9.31. The number of hydrogen-bond donors (Lipinski definition) is 1. The molecule has 1 aromatic heterocycles. The predicted octanol–water partition coefficient (Wildman–Crippen LogP) is 1.88. The van der Waals surface area contributed by atoms with E-state index in [-0.39, 0.29) is 17.6 Å². The zero-order valence-corrected chi connectivity index (χ0v) is 16.1. The Bertz CT molecular complexity index is 848. The molecule has 148 valence electrons. The third kappa shape index (κ3) is 5.03. The van der Waals surface area contributed by atoms with Gasteiger partial charge in [-0.15, -0.1) is 0 Å². The van der Waals surface area contributed by atoms with Gasteiger partial charge < -0.3 is 15.1 Å². The molecule has 0 radical (unpaired) electrons. The monoisotopic (exact) mass is 385 g/mol. The van der Waals surface area contributed by atoms with Crippen molar-refractivity contribution in [3.63, 3.8) is 0 Å². The van der Waals surface area contributed by atoms with Crippen LogP contribution >= 0.6 is 0 Å². The highest BCUT2D eigenvalue weighted by Gasteiger charge is 2.24. The van der Waals surface area contributed by atoms with Gasteiger partial charge in [0.2, 0.25) is 11.9 Å². The zero-order chi connectivity index (χ0) is 20.1. The molecule has 3 rings (SSSR count). The van der Waals surface area contributed by atoms with Crippen molar-refractivity contribution in [2.45, 2.75) is 20.3 Å². The number of carbonyl (C=O) groups excluding carboxylic acids is 2. The highest BCUT2D eigenvalue weighted by Crippen LogP contribution is 2.11. The van der Waals surface area contributed by atoms with Crippen molar-refractivity contribution in [2.24, 2.45) is 0 Å². The fourth-order valence-electron chi connectivity index (χ4n) is 3.11. The van der Waals surface area contributed by atoms with Gasteiger partial charge in [-0.3, -0.25) is 9.59 Å². The fourth-order valence-corrected chi connectivity index (χ4v) is 3.11. The first kappa shape index (κ1) is 19.7. The van der Waals surface area contributed by atoms with Gasteiger partial charge in [0.1, 0.15) is 11.5 Å². The van der Waals surface area contributed by atoms with Crippen molar-refractivity contribution in [2.75, 3.05) is 38.0 Å². The second kappa shape index (κ2) is 8.77. The second-order valence-corrected chi connectivity index (χ2v) is 6.82. The van der Waals surface area contributed by atoms with Crippen molar-refractivity contribution in [1.82, 2.24) is 19.8 Å². The van der Waals surface area contributed by atoms with Gasteiger partial charge in [-0.1, -0.05) is 12.1 Å². The highest BCUT2D eigenvalue weighted by molar-refractivity contribution is 5.93. The van der Waals surface area contributed by atoms with E-state index in [0.717, 1.165) is 5.56 Å². The lowest BCUT2D eigenvalue weighted by atomic mass is 10.1. The predicted molar refractivity (Wildman–Crippen MR) is 104 cm³/mol. The molecule has 1 N–H and O–H groups in total. The Balaban J connectivity index is 1.60. The summed E-state index contributed by atoms with van der Waals surface area (Å²) in [7, 11) is 0. The molecule has 28 heavy (non-hydrogen) atoms. The van der Waals surface area contributed by atoms with Crippen molar-refractivity contribution in [3.05, 3.63) is 53.1 Å². The van der Waals surface area contributed by atoms with Crippen LogP contribution in [-0.2, 0) is 11.2 Å². The molecule has 0 saturated carbocycles. The summed E-state index contributed by atoms with van der Waals surface area (Å²) < 4.78 is 13.0. The Morgan fingerprint density at radius 3 is 2.36 bits per heavy atom. The number of benzene rings is 1. The highest BCUT2D eigenvalue weighted by atomic mass is 19.1. The van der Waals surface area contributed by atoms with E-state index in [1.807, 2.05) is 6.92 Å². The van der Waals surface area contributed by atoms with E-state index in [1.165, 1.54) is 19.1 Å². The summed E-state index contributed by atoms with van der Waals surface area (Å²) in [6, 6.07) is 8.01. The number of carbonyl (C=O) groups is 2. The Kier molecular flexibility index (Phi) is 6.18. The molecule has 0 atom stereocenters. The van der Waals surface area contributed by atoms with E-state index >= 15 is 0 Å². The van der Waals surface area contributed by atoms with Crippen LogP contribution in [0.1, 0.15) is 28.7 Å². The van der Waals surface area contributed by atoms with Crippen LogP contribution in [0.15, 0.2) is 30.3 Å². The molecule has 0 aliphatic carbocycles. The number of hydrogen-bond acceptors (Lipinski definition) is 5. The van der Waals surface area contributed by atoms with Crippen LogP contribution in [0, 0.1) is 12.7 Å². The third-order valence-corrected chi connectivity index (χ3v) is 4.70. The number of halogens is 1. The Morgan fingerprint density at radius 2 is 1.71 bits per heavy atom. The van der Waals surface area contributed by atoms with Gasteiger partial charge in [0.05, 0.1) is 0 Å². The molecule has 1 saturated heterocycles. The Hall–Kier alpha value is -3.03. The molecule has 0 unspecified atom stereocenters. The normalized spacial score (nSPS) is 14.1. The molecule has 2 heterocycles. The maximum atomic E-state index is 13.0.